The fourth-order valence-corrected chi connectivity index (χ4v) is 7.19. The largest absolute Gasteiger partial charge is 0.370 e. The number of aliphatic hydroxyl groups is 1. The van der Waals surface area contributed by atoms with Crippen LogP contribution in [0.15, 0.2) is 22.2 Å². The molecule has 29 heavy (non-hydrogen) atoms. The summed E-state index contributed by atoms with van der Waals surface area (Å²) in [4.78, 5) is 27.0. The third kappa shape index (κ3) is 1.68. The van der Waals surface area contributed by atoms with Crippen LogP contribution in [-0.4, -0.2) is 68.7 Å². The maximum Gasteiger partial charge on any atom is 0.272 e. The fraction of sp³-hybridized carbons (Fsp3) is 0.588. The van der Waals surface area contributed by atoms with Crippen molar-refractivity contribution in [1.29, 1.82) is 0 Å². The first-order chi connectivity index (χ1) is 13.9. The number of aromatic amines is 1. The number of nitrogens with one attached hydrogen (secondary N) is 3. The van der Waals surface area contributed by atoms with Gasteiger partial charge in [0.05, 0.1) is 5.38 Å². The van der Waals surface area contributed by atoms with Crippen LogP contribution >= 0.6 is 11.6 Å². The lowest BCUT2D eigenvalue weighted by Crippen LogP contribution is -2.73. The lowest BCUT2D eigenvalue weighted by Gasteiger charge is -2.51. The summed E-state index contributed by atoms with van der Waals surface area (Å²) in [5.41, 5.74) is 17.4. The number of nitrogens with zero attached hydrogens (tertiary/aromatic N) is 3. The lowest BCUT2D eigenvalue weighted by molar-refractivity contribution is -0.0123. The third-order valence-electron chi connectivity index (χ3n) is 7.49. The van der Waals surface area contributed by atoms with E-state index in [1.54, 1.807) is 11.1 Å². The number of alkyl halides is 1. The number of nitrogens with two attached hydrogens (primary N) is 3. The number of aromatic nitrogens is 1. The van der Waals surface area contributed by atoms with Gasteiger partial charge in [-0.1, -0.05) is 0 Å². The molecule has 10 N–H and O–H groups in total. The number of hydrogen-bond donors (Lipinski definition) is 7. The van der Waals surface area contributed by atoms with Crippen LogP contribution in [0, 0.1) is 17.8 Å². The number of H-pyrrole nitrogens is 1. The van der Waals surface area contributed by atoms with E-state index >= 15 is 0 Å². The molecule has 0 aromatic carbocycles. The summed E-state index contributed by atoms with van der Waals surface area (Å²) in [6, 6.07) is 1.39. The van der Waals surface area contributed by atoms with Gasteiger partial charge in [0.1, 0.15) is 22.9 Å². The van der Waals surface area contributed by atoms with Crippen LogP contribution < -0.4 is 27.8 Å². The normalized spacial score (nSPS) is 46.6. The molecule has 1 unspecified atom stereocenters. The molecule has 1 aromatic rings. The quantitative estimate of drug-likeness (QED) is 0.246. The number of fused-ring (bicyclic) bond motifs is 4. The van der Waals surface area contributed by atoms with Crippen molar-refractivity contribution in [3.63, 3.8) is 0 Å². The molecule has 1 aromatic heterocycles. The van der Waals surface area contributed by atoms with Crippen LogP contribution in [0.25, 0.3) is 0 Å². The van der Waals surface area contributed by atoms with Crippen molar-refractivity contribution in [3.05, 3.63) is 23.5 Å². The third-order valence-corrected chi connectivity index (χ3v) is 8.18. The number of aliphatic imine (C=N–C) groups is 2. The van der Waals surface area contributed by atoms with Gasteiger partial charge in [-0.2, -0.15) is 0 Å². The van der Waals surface area contributed by atoms with Crippen molar-refractivity contribution in [3.8, 4) is 0 Å². The molecule has 2 spiro atoms. The minimum atomic E-state index is -1.18. The molecule has 5 heterocycles. The van der Waals surface area contributed by atoms with Crippen LogP contribution in [-0.2, 0) is 0 Å². The number of amides is 1. The zero-order valence-corrected chi connectivity index (χ0v) is 16.1. The number of halogens is 1. The van der Waals surface area contributed by atoms with E-state index in [0.29, 0.717) is 18.8 Å². The second-order valence-electron chi connectivity index (χ2n) is 8.48. The molecule has 1 saturated heterocycles. The predicted octanol–water partition coefficient (Wildman–Crippen LogP) is -2.46. The molecule has 154 valence electrons. The summed E-state index contributed by atoms with van der Waals surface area (Å²) in [6.07, 6.45) is 0.539. The summed E-state index contributed by atoms with van der Waals surface area (Å²) in [7, 11) is 0. The van der Waals surface area contributed by atoms with E-state index in [1.165, 1.54) is 0 Å². The van der Waals surface area contributed by atoms with Crippen molar-refractivity contribution < 1.29 is 9.90 Å². The van der Waals surface area contributed by atoms with Gasteiger partial charge in [-0.05, 0) is 24.4 Å². The Bertz CT molecular complexity index is 993. The van der Waals surface area contributed by atoms with E-state index in [0.717, 1.165) is 5.56 Å². The molecule has 0 bridgehead atoms. The van der Waals surface area contributed by atoms with Crippen LogP contribution in [0.5, 0.6) is 0 Å². The van der Waals surface area contributed by atoms with Gasteiger partial charge in [0.25, 0.3) is 5.91 Å². The number of hydrogen-bond acceptors (Lipinski definition) is 9. The van der Waals surface area contributed by atoms with Gasteiger partial charge in [0.2, 0.25) is 0 Å². The first-order valence-electron chi connectivity index (χ1n) is 9.60. The van der Waals surface area contributed by atoms with Gasteiger partial charge in [0.15, 0.2) is 18.1 Å². The molecule has 6 rings (SSSR count). The SMILES string of the molecule is NC[C@H]1[C@H]2CN3C(=O)c4[nH]ccc4[C@H]4N=C(N)N[C@]43C2[C@@]2(NC(N)=N[C@@H]2O)[C@H]1Cl. The summed E-state index contributed by atoms with van der Waals surface area (Å²) in [6.45, 7) is 0.713. The summed E-state index contributed by atoms with van der Waals surface area (Å²) in [5.74, 6) is -0.446. The van der Waals surface area contributed by atoms with E-state index in [2.05, 4.69) is 25.6 Å². The summed E-state index contributed by atoms with van der Waals surface area (Å²) in [5, 5.41) is 16.9. The minimum Gasteiger partial charge on any atom is -0.370 e. The van der Waals surface area contributed by atoms with Gasteiger partial charge in [0, 0.05) is 24.2 Å². The van der Waals surface area contributed by atoms with Crippen molar-refractivity contribution in [2.24, 2.45) is 44.9 Å². The van der Waals surface area contributed by atoms with E-state index in [4.69, 9.17) is 28.8 Å². The Kier molecular flexibility index (Phi) is 3.09. The highest BCUT2D eigenvalue weighted by Gasteiger charge is 2.78. The van der Waals surface area contributed by atoms with E-state index in [-0.39, 0.29) is 35.6 Å². The monoisotopic (exact) mass is 419 g/mol. The van der Waals surface area contributed by atoms with Gasteiger partial charge < -0.3 is 42.8 Å². The molecular formula is C17H22ClN9O2. The van der Waals surface area contributed by atoms with Crippen molar-refractivity contribution in [1.82, 2.24) is 20.5 Å². The van der Waals surface area contributed by atoms with Crippen LogP contribution in [0.3, 0.4) is 0 Å². The Balaban J connectivity index is 1.60. The first kappa shape index (κ1) is 17.4. The topological polar surface area (TPSA) is 183 Å². The number of guanidine groups is 2. The smallest absolute Gasteiger partial charge is 0.272 e. The minimum absolute atomic E-state index is 0.102. The molecular weight excluding hydrogens is 398 g/mol. The van der Waals surface area contributed by atoms with Crippen molar-refractivity contribution in [2.75, 3.05) is 13.1 Å². The maximum absolute atomic E-state index is 13.4. The highest BCUT2D eigenvalue weighted by atomic mass is 35.5. The van der Waals surface area contributed by atoms with E-state index < -0.39 is 28.8 Å². The standard InChI is InChI=1S/C17H22ClN9O2/c18-10-6(3-19)7-4-27-12(28)8-5(1-2-22-8)11-17(27,26-14(20)23-11)9(7)16(10)13(29)24-15(21)25-16/h1-2,6-7,9-11,13,22,29H,3-4,19H2,(H3,20,23,26)(H3,21,24,25)/t6-,7+,9?,10-,11+,13+,16+,17-/m0/s1. The van der Waals surface area contributed by atoms with E-state index in [9.17, 15) is 9.90 Å². The molecule has 5 aliphatic rings. The fourth-order valence-electron chi connectivity index (χ4n) is 6.60. The molecule has 2 fully saturated rings. The van der Waals surface area contributed by atoms with Gasteiger partial charge in [-0.15, -0.1) is 11.6 Å². The highest BCUT2D eigenvalue weighted by molar-refractivity contribution is 6.22. The Morgan fingerprint density at radius 2 is 2.07 bits per heavy atom. The zero-order valence-electron chi connectivity index (χ0n) is 15.3. The number of rotatable bonds is 1. The number of carbonyl (C=O) groups is 1. The van der Waals surface area contributed by atoms with Gasteiger partial charge in [-0.3, -0.25) is 4.79 Å². The summed E-state index contributed by atoms with van der Waals surface area (Å²) >= 11 is 6.94. The molecule has 8 atom stereocenters. The van der Waals surface area contributed by atoms with Crippen LogP contribution in [0.2, 0.25) is 0 Å². The average Bonchev–Trinajstić information content (AvgIpc) is 3.42. The molecule has 1 aliphatic carbocycles. The Hall–Kier alpha value is -2.50. The first-order valence-corrected chi connectivity index (χ1v) is 10.0. The second kappa shape index (κ2) is 5.15. The molecule has 1 saturated carbocycles. The van der Waals surface area contributed by atoms with Crippen molar-refractivity contribution >= 4 is 29.4 Å². The number of carbonyl (C=O) groups excluding carboxylic acids is 1. The Morgan fingerprint density at radius 3 is 2.76 bits per heavy atom. The van der Waals surface area contributed by atoms with Crippen molar-refractivity contribution in [2.45, 2.75) is 28.8 Å². The van der Waals surface area contributed by atoms with Gasteiger partial charge >= 0.3 is 0 Å². The van der Waals surface area contributed by atoms with Crippen LogP contribution in [0.4, 0.5) is 0 Å². The lowest BCUT2D eigenvalue weighted by atomic mass is 9.70. The average molecular weight is 420 g/mol. The van der Waals surface area contributed by atoms with E-state index in [1.807, 2.05) is 6.07 Å². The molecule has 0 radical (unpaired) electrons. The second-order valence-corrected chi connectivity index (χ2v) is 8.95. The molecule has 11 nitrogen and oxygen atoms in total. The number of aliphatic hydroxyl groups excluding tert-OH is 1. The van der Waals surface area contributed by atoms with Crippen LogP contribution in [0.1, 0.15) is 22.1 Å². The zero-order chi connectivity index (χ0) is 20.3. The molecule has 4 aliphatic heterocycles. The molecule has 1 amide bonds. The Morgan fingerprint density at radius 1 is 1.31 bits per heavy atom. The molecule has 12 heteroatoms. The van der Waals surface area contributed by atoms with Gasteiger partial charge in [-0.25, -0.2) is 9.98 Å². The highest BCUT2D eigenvalue weighted by Crippen LogP contribution is 2.64. The Labute approximate surface area is 170 Å². The predicted molar refractivity (Wildman–Crippen MR) is 105 cm³/mol. The maximum atomic E-state index is 13.4. The summed E-state index contributed by atoms with van der Waals surface area (Å²) < 4.78 is 0.